The Morgan fingerprint density at radius 3 is 2.43 bits per heavy atom. The molecule has 4 aromatic rings. The van der Waals surface area contributed by atoms with Crippen molar-refractivity contribution in [2.45, 2.75) is 6.18 Å². The number of hydrogen-bond donors (Lipinski definition) is 0. The molecule has 0 radical (unpaired) electrons. The lowest BCUT2D eigenvalue weighted by Crippen LogP contribution is -2.12. The lowest BCUT2D eigenvalue weighted by molar-refractivity contribution is -0.146. The highest BCUT2D eigenvalue weighted by atomic mass is 19.4. The lowest BCUT2D eigenvalue weighted by Gasteiger charge is -2.08. The Hall–Kier alpha value is -3.36. The van der Waals surface area contributed by atoms with Crippen LogP contribution in [-0.4, -0.2) is 16.7 Å². The largest absolute Gasteiger partial charge is 0.497 e. The molecule has 2 aromatic carbocycles. The molecule has 0 aliphatic rings. The van der Waals surface area contributed by atoms with Crippen LogP contribution in [0.25, 0.3) is 33.3 Å². The van der Waals surface area contributed by atoms with Gasteiger partial charge in [0.25, 0.3) is 0 Å². The van der Waals surface area contributed by atoms with Gasteiger partial charge in [0.05, 0.1) is 12.5 Å². The van der Waals surface area contributed by atoms with Crippen molar-refractivity contribution in [2.75, 3.05) is 7.11 Å². The first-order valence-electron chi connectivity index (χ1n) is 8.05. The minimum absolute atomic E-state index is 0.128. The van der Waals surface area contributed by atoms with Crippen LogP contribution in [0.5, 0.6) is 5.75 Å². The molecule has 0 atom stereocenters. The molecule has 0 saturated heterocycles. The third-order valence-corrected chi connectivity index (χ3v) is 4.42. The van der Waals surface area contributed by atoms with E-state index in [-0.39, 0.29) is 22.2 Å². The third kappa shape index (κ3) is 2.70. The van der Waals surface area contributed by atoms with E-state index < -0.39 is 28.8 Å². The Balaban J connectivity index is 2.07. The maximum atomic E-state index is 14.3. The molecule has 0 bridgehead atoms. The number of halogens is 4. The Morgan fingerprint density at radius 2 is 1.82 bits per heavy atom. The molecule has 4 rings (SSSR count). The van der Waals surface area contributed by atoms with E-state index in [0.29, 0.717) is 15.9 Å². The summed E-state index contributed by atoms with van der Waals surface area (Å²) in [7, 11) is 2.59. The predicted molar refractivity (Wildman–Crippen MR) is 93.7 cm³/mol. The molecular formula is C19H12F4N2O3. The van der Waals surface area contributed by atoms with Crippen molar-refractivity contribution in [3.05, 3.63) is 58.3 Å². The van der Waals surface area contributed by atoms with Crippen LogP contribution < -0.4 is 10.2 Å². The molecule has 0 spiro atoms. The number of rotatable bonds is 2. The standard InChI is InChI=1S/C19H12F4N2O3/c1-25-16-15(24-18(25)19(21,22)23)12(20)7-11-13(26)8-14(28-17(11)16)9-3-5-10(27-2)6-4-9/h3-8H,1-2H3. The summed E-state index contributed by atoms with van der Waals surface area (Å²) >= 11 is 0. The average Bonchev–Trinajstić information content (AvgIpc) is 3.01. The van der Waals surface area contributed by atoms with E-state index in [1.54, 1.807) is 24.3 Å². The first-order valence-corrected chi connectivity index (χ1v) is 8.05. The molecule has 0 aliphatic heterocycles. The number of fused-ring (bicyclic) bond motifs is 3. The molecule has 144 valence electrons. The summed E-state index contributed by atoms with van der Waals surface area (Å²) in [6.07, 6.45) is -4.79. The quantitative estimate of drug-likeness (QED) is 0.471. The Kier molecular flexibility index (Phi) is 3.91. The Morgan fingerprint density at radius 1 is 1.14 bits per heavy atom. The maximum Gasteiger partial charge on any atom is 0.449 e. The van der Waals surface area contributed by atoms with Gasteiger partial charge in [-0.25, -0.2) is 9.37 Å². The first-order chi connectivity index (χ1) is 13.2. The van der Waals surface area contributed by atoms with Crippen LogP contribution in [0.3, 0.4) is 0 Å². The number of imidazole rings is 1. The second kappa shape index (κ2) is 6.08. The van der Waals surface area contributed by atoms with Crippen LogP contribution in [-0.2, 0) is 13.2 Å². The predicted octanol–water partition coefficient (Wildman–Crippen LogP) is 4.51. The van der Waals surface area contributed by atoms with Crippen molar-refractivity contribution in [1.82, 2.24) is 9.55 Å². The highest BCUT2D eigenvalue weighted by Crippen LogP contribution is 2.35. The van der Waals surface area contributed by atoms with Crippen LogP contribution in [0.1, 0.15) is 5.82 Å². The number of alkyl halides is 3. The average molecular weight is 392 g/mol. The van der Waals surface area contributed by atoms with Gasteiger partial charge in [0.15, 0.2) is 16.8 Å². The molecule has 0 aliphatic carbocycles. The fourth-order valence-electron chi connectivity index (χ4n) is 3.09. The summed E-state index contributed by atoms with van der Waals surface area (Å²) in [5.41, 5.74) is -0.995. The number of aryl methyl sites for hydroxylation is 1. The molecule has 0 unspecified atom stereocenters. The molecular weight excluding hydrogens is 380 g/mol. The van der Waals surface area contributed by atoms with Gasteiger partial charge in [0.1, 0.15) is 22.5 Å². The van der Waals surface area contributed by atoms with Crippen LogP contribution in [0, 0.1) is 5.82 Å². The van der Waals surface area contributed by atoms with Crippen molar-refractivity contribution >= 4 is 22.0 Å². The second-order valence-corrected chi connectivity index (χ2v) is 6.13. The smallest absolute Gasteiger partial charge is 0.449 e. The van der Waals surface area contributed by atoms with Crippen molar-refractivity contribution < 1.29 is 26.7 Å². The molecule has 2 heterocycles. The minimum Gasteiger partial charge on any atom is -0.497 e. The molecule has 0 N–H and O–H groups in total. The number of benzene rings is 2. The normalized spacial score (nSPS) is 12.1. The van der Waals surface area contributed by atoms with Crippen LogP contribution in [0.15, 0.2) is 45.6 Å². The van der Waals surface area contributed by atoms with Gasteiger partial charge in [-0.05, 0) is 30.3 Å². The molecule has 0 saturated carbocycles. The summed E-state index contributed by atoms with van der Waals surface area (Å²) < 4.78 is 65.4. The van der Waals surface area contributed by atoms with Gasteiger partial charge >= 0.3 is 6.18 Å². The third-order valence-electron chi connectivity index (χ3n) is 4.42. The molecule has 2 aromatic heterocycles. The van der Waals surface area contributed by atoms with Gasteiger partial charge in [0, 0.05) is 18.7 Å². The van der Waals surface area contributed by atoms with E-state index in [1.165, 1.54) is 7.11 Å². The number of methoxy groups -OCH3 is 1. The second-order valence-electron chi connectivity index (χ2n) is 6.13. The van der Waals surface area contributed by atoms with E-state index in [4.69, 9.17) is 9.15 Å². The maximum absolute atomic E-state index is 14.3. The highest BCUT2D eigenvalue weighted by molar-refractivity contribution is 6.01. The van der Waals surface area contributed by atoms with Gasteiger partial charge in [-0.2, -0.15) is 13.2 Å². The summed E-state index contributed by atoms with van der Waals surface area (Å²) in [6.45, 7) is 0. The van der Waals surface area contributed by atoms with Gasteiger partial charge in [-0.15, -0.1) is 0 Å². The lowest BCUT2D eigenvalue weighted by atomic mass is 10.1. The number of ether oxygens (including phenoxy) is 1. The number of hydrogen-bond acceptors (Lipinski definition) is 4. The van der Waals surface area contributed by atoms with Crippen molar-refractivity contribution in [1.29, 1.82) is 0 Å². The first kappa shape index (κ1) is 18.0. The van der Waals surface area contributed by atoms with Crippen molar-refractivity contribution in [3.63, 3.8) is 0 Å². The van der Waals surface area contributed by atoms with Crippen LogP contribution >= 0.6 is 0 Å². The molecule has 28 heavy (non-hydrogen) atoms. The topological polar surface area (TPSA) is 57.3 Å². The minimum atomic E-state index is -4.79. The fraction of sp³-hybridized carbons (Fsp3) is 0.158. The van der Waals surface area contributed by atoms with Gasteiger partial charge < -0.3 is 13.7 Å². The summed E-state index contributed by atoms with van der Waals surface area (Å²) in [6, 6.07) is 8.56. The van der Waals surface area contributed by atoms with E-state index in [2.05, 4.69) is 4.98 Å². The van der Waals surface area contributed by atoms with Gasteiger partial charge in [-0.3, -0.25) is 4.79 Å². The van der Waals surface area contributed by atoms with Gasteiger partial charge in [-0.1, -0.05) is 0 Å². The summed E-state index contributed by atoms with van der Waals surface area (Å²) in [5, 5.41) is -0.168. The Labute approximate surface area is 154 Å². The summed E-state index contributed by atoms with van der Waals surface area (Å²) in [4.78, 5) is 15.9. The summed E-state index contributed by atoms with van der Waals surface area (Å²) in [5.74, 6) is -1.61. The zero-order valence-corrected chi connectivity index (χ0v) is 14.6. The zero-order chi connectivity index (χ0) is 20.2. The fourth-order valence-corrected chi connectivity index (χ4v) is 3.09. The Bertz CT molecular complexity index is 1270. The monoisotopic (exact) mass is 392 g/mol. The highest BCUT2D eigenvalue weighted by Gasteiger charge is 2.38. The van der Waals surface area contributed by atoms with E-state index >= 15 is 0 Å². The molecule has 0 fully saturated rings. The van der Waals surface area contributed by atoms with Crippen molar-refractivity contribution in [2.24, 2.45) is 7.05 Å². The molecule has 0 amide bonds. The number of nitrogens with zero attached hydrogens (tertiary/aromatic N) is 2. The van der Waals surface area contributed by atoms with Gasteiger partial charge in [0.2, 0.25) is 5.82 Å². The van der Waals surface area contributed by atoms with Crippen LogP contribution in [0.2, 0.25) is 0 Å². The SMILES string of the molecule is COc1ccc(-c2cc(=O)c3cc(F)c4nc(C(F)(F)F)n(C)c4c3o2)cc1. The van der Waals surface area contributed by atoms with E-state index in [1.807, 2.05) is 0 Å². The van der Waals surface area contributed by atoms with Crippen molar-refractivity contribution in [3.8, 4) is 17.1 Å². The number of aromatic nitrogens is 2. The molecule has 5 nitrogen and oxygen atoms in total. The molecule has 9 heteroatoms. The van der Waals surface area contributed by atoms with E-state index in [9.17, 15) is 22.4 Å². The van der Waals surface area contributed by atoms with E-state index in [0.717, 1.165) is 19.2 Å². The zero-order valence-electron chi connectivity index (χ0n) is 14.6. The van der Waals surface area contributed by atoms with Crippen LogP contribution in [0.4, 0.5) is 17.6 Å².